The third kappa shape index (κ3) is 7.56. The summed E-state index contributed by atoms with van der Waals surface area (Å²) in [5, 5.41) is 6.32. The monoisotopic (exact) mass is 522 g/mol. The molecule has 1 N–H and O–H groups in total. The van der Waals surface area contributed by atoms with Crippen LogP contribution in [0, 0.1) is 5.92 Å². The molecule has 1 aliphatic rings. The summed E-state index contributed by atoms with van der Waals surface area (Å²) in [6, 6.07) is 25.8. The maximum Gasteiger partial charge on any atom is 0.305 e. The molecule has 0 spiro atoms. The molecular weight excluding hydrogens is 484 g/mol. The number of halogens is 1. The van der Waals surface area contributed by atoms with Crippen LogP contribution in [0.2, 0.25) is 0 Å². The van der Waals surface area contributed by atoms with Gasteiger partial charge in [0.1, 0.15) is 0 Å². The van der Waals surface area contributed by atoms with Gasteiger partial charge < -0.3 is 15.0 Å². The van der Waals surface area contributed by atoms with Crippen LogP contribution in [-0.2, 0) is 14.3 Å². The smallest absolute Gasteiger partial charge is 0.305 e. The molecule has 0 saturated carbocycles. The highest BCUT2D eigenvalue weighted by molar-refractivity contribution is 5.86. The maximum absolute atomic E-state index is 13.0. The molecule has 0 bridgehead atoms. The van der Waals surface area contributed by atoms with E-state index in [1.54, 1.807) is 0 Å². The largest absolute Gasteiger partial charge is 0.466 e. The van der Waals surface area contributed by atoms with Crippen molar-refractivity contribution in [1.82, 2.24) is 10.2 Å². The summed E-state index contributed by atoms with van der Waals surface area (Å²) in [5.74, 6) is 0.654. The average Bonchev–Trinajstić information content (AvgIpc) is 3.34. The molecule has 4 rings (SSSR count). The molecule has 3 aromatic rings. The van der Waals surface area contributed by atoms with Crippen LogP contribution >= 0.6 is 12.4 Å². The van der Waals surface area contributed by atoms with Crippen molar-refractivity contribution >= 4 is 35.1 Å². The lowest BCUT2D eigenvalue weighted by atomic mass is 9.88. The number of rotatable bonds is 11. The van der Waals surface area contributed by atoms with Crippen LogP contribution < -0.4 is 5.32 Å². The van der Waals surface area contributed by atoms with Crippen LogP contribution in [-0.4, -0.2) is 43.0 Å². The van der Waals surface area contributed by atoms with Crippen LogP contribution in [0.3, 0.4) is 0 Å². The summed E-state index contributed by atoms with van der Waals surface area (Å²) < 4.78 is 4.99. The Bertz CT molecular complexity index is 1150. The van der Waals surface area contributed by atoms with E-state index in [-0.39, 0.29) is 30.3 Å². The van der Waals surface area contributed by atoms with Gasteiger partial charge in [0, 0.05) is 44.4 Å². The van der Waals surface area contributed by atoms with Gasteiger partial charge >= 0.3 is 5.97 Å². The Morgan fingerprint density at radius 3 is 2.43 bits per heavy atom. The van der Waals surface area contributed by atoms with E-state index in [4.69, 9.17) is 4.74 Å². The van der Waals surface area contributed by atoms with Crippen molar-refractivity contribution in [2.24, 2.45) is 5.92 Å². The Labute approximate surface area is 227 Å². The van der Waals surface area contributed by atoms with E-state index in [0.717, 1.165) is 19.6 Å². The number of carbonyl (C=O) groups is 2. The fourth-order valence-corrected chi connectivity index (χ4v) is 5.36. The minimum absolute atomic E-state index is 0. The quantitative estimate of drug-likeness (QED) is 0.238. The number of benzene rings is 3. The van der Waals surface area contributed by atoms with E-state index < -0.39 is 0 Å². The third-order valence-corrected chi connectivity index (χ3v) is 7.32. The van der Waals surface area contributed by atoms with E-state index >= 15 is 0 Å². The predicted octanol–water partition coefficient (Wildman–Crippen LogP) is 6.28. The third-order valence-electron chi connectivity index (χ3n) is 7.32. The van der Waals surface area contributed by atoms with E-state index in [2.05, 4.69) is 79.0 Å². The van der Waals surface area contributed by atoms with E-state index in [1.807, 2.05) is 17.9 Å². The second-order valence-electron chi connectivity index (χ2n) is 9.79. The van der Waals surface area contributed by atoms with Crippen molar-refractivity contribution in [2.45, 2.75) is 51.5 Å². The first-order valence-corrected chi connectivity index (χ1v) is 13.3. The van der Waals surface area contributed by atoms with Crippen molar-refractivity contribution in [2.75, 3.05) is 26.2 Å². The number of amides is 1. The van der Waals surface area contributed by atoms with E-state index in [9.17, 15) is 9.59 Å². The minimum atomic E-state index is -0.179. The van der Waals surface area contributed by atoms with Crippen molar-refractivity contribution < 1.29 is 14.3 Å². The number of unbranched alkanes of at least 4 members (excludes halogenated alkanes) is 1. The fraction of sp³-hybridized carbons (Fsp3) is 0.419. The molecule has 1 heterocycles. The topological polar surface area (TPSA) is 58.6 Å². The Hall–Kier alpha value is -2.89. The summed E-state index contributed by atoms with van der Waals surface area (Å²) >= 11 is 0. The first-order chi connectivity index (χ1) is 17.6. The summed E-state index contributed by atoms with van der Waals surface area (Å²) in [7, 11) is 0. The van der Waals surface area contributed by atoms with Crippen LogP contribution in [0.25, 0.3) is 10.8 Å². The van der Waals surface area contributed by atoms with Gasteiger partial charge in [0.25, 0.3) is 0 Å². The molecule has 5 nitrogen and oxygen atoms in total. The van der Waals surface area contributed by atoms with Gasteiger partial charge in [-0.05, 0) is 54.5 Å². The van der Waals surface area contributed by atoms with Gasteiger partial charge in [-0.3, -0.25) is 9.59 Å². The average molecular weight is 523 g/mol. The summed E-state index contributed by atoms with van der Waals surface area (Å²) in [6.07, 6.45) is 2.26. The van der Waals surface area contributed by atoms with Crippen LogP contribution in [0.15, 0.2) is 72.8 Å². The number of hydrogen-bond acceptors (Lipinski definition) is 4. The number of fused-ring (bicyclic) bond motifs is 1. The van der Waals surface area contributed by atoms with Gasteiger partial charge in [-0.2, -0.15) is 0 Å². The Kier molecular flexibility index (Phi) is 11.0. The summed E-state index contributed by atoms with van der Waals surface area (Å²) in [4.78, 5) is 26.6. The number of ether oxygens (including phenoxy) is 1. The zero-order valence-electron chi connectivity index (χ0n) is 21.9. The number of carbonyl (C=O) groups excluding carboxylic acids is 2. The van der Waals surface area contributed by atoms with Gasteiger partial charge in [0.05, 0.1) is 6.61 Å². The molecule has 1 fully saturated rings. The van der Waals surface area contributed by atoms with Crippen molar-refractivity contribution in [3.05, 3.63) is 83.9 Å². The molecule has 3 atom stereocenters. The molecule has 1 amide bonds. The number of nitrogens with one attached hydrogen (secondary N) is 1. The standard InChI is InChI=1S/C31H38N2O3.ClH/c1-3-36-31(35)19-10-9-18-30(34)33-21-26(29(22-33)25-12-5-4-6-13-25)20-32-23(2)27-17-11-15-24-14-7-8-16-28(24)27;/h4-8,11-17,23,26,29,32H,3,9-10,18-22H2,1-2H3;1H/t23-,26+,29-;/m1./s1. The van der Waals surface area contributed by atoms with Crippen LogP contribution in [0.5, 0.6) is 0 Å². The molecule has 0 radical (unpaired) electrons. The Morgan fingerprint density at radius 2 is 1.65 bits per heavy atom. The molecule has 1 saturated heterocycles. The molecule has 0 aliphatic carbocycles. The second-order valence-corrected chi connectivity index (χ2v) is 9.79. The zero-order chi connectivity index (χ0) is 25.3. The van der Waals surface area contributed by atoms with E-state index in [1.165, 1.54) is 21.9 Å². The molecule has 3 aromatic carbocycles. The summed E-state index contributed by atoms with van der Waals surface area (Å²) in [6.45, 7) is 6.78. The normalized spacial score (nSPS) is 17.8. The molecule has 198 valence electrons. The van der Waals surface area contributed by atoms with Gasteiger partial charge in [-0.15, -0.1) is 12.4 Å². The summed E-state index contributed by atoms with van der Waals surface area (Å²) in [5.41, 5.74) is 2.59. The number of hydrogen-bond donors (Lipinski definition) is 1. The molecule has 0 unspecified atom stereocenters. The molecular formula is C31H39ClN2O3. The van der Waals surface area contributed by atoms with Crippen LogP contribution in [0.4, 0.5) is 0 Å². The van der Waals surface area contributed by atoms with Crippen LogP contribution in [0.1, 0.15) is 62.6 Å². The van der Waals surface area contributed by atoms with Gasteiger partial charge in [-0.1, -0.05) is 72.8 Å². The van der Waals surface area contributed by atoms with Crippen molar-refractivity contribution in [1.29, 1.82) is 0 Å². The Balaban J connectivity index is 0.00000380. The second kappa shape index (κ2) is 14.2. The van der Waals surface area contributed by atoms with Gasteiger partial charge in [0.2, 0.25) is 5.91 Å². The molecule has 1 aliphatic heterocycles. The first kappa shape index (κ1) is 28.7. The predicted molar refractivity (Wildman–Crippen MR) is 152 cm³/mol. The van der Waals surface area contributed by atoms with E-state index in [0.29, 0.717) is 44.1 Å². The number of esters is 1. The van der Waals surface area contributed by atoms with Crippen molar-refractivity contribution in [3.8, 4) is 0 Å². The maximum atomic E-state index is 13.0. The Morgan fingerprint density at radius 1 is 0.946 bits per heavy atom. The lowest BCUT2D eigenvalue weighted by molar-refractivity contribution is -0.143. The lowest BCUT2D eigenvalue weighted by Gasteiger charge is -2.23. The molecule has 6 heteroatoms. The highest BCUT2D eigenvalue weighted by atomic mass is 35.5. The van der Waals surface area contributed by atoms with Crippen molar-refractivity contribution in [3.63, 3.8) is 0 Å². The SMILES string of the molecule is CCOC(=O)CCCCC(=O)N1C[C@H](CN[C@H](C)c2cccc3ccccc23)[C@@H](c2ccccc2)C1.Cl. The zero-order valence-corrected chi connectivity index (χ0v) is 22.7. The lowest BCUT2D eigenvalue weighted by Crippen LogP contribution is -2.31. The number of likely N-dealkylation sites (tertiary alicyclic amines) is 1. The van der Waals surface area contributed by atoms with Gasteiger partial charge in [-0.25, -0.2) is 0 Å². The molecule has 37 heavy (non-hydrogen) atoms. The fourth-order valence-electron chi connectivity index (χ4n) is 5.36. The minimum Gasteiger partial charge on any atom is -0.466 e. The highest BCUT2D eigenvalue weighted by Crippen LogP contribution is 2.34. The highest BCUT2D eigenvalue weighted by Gasteiger charge is 2.35. The first-order valence-electron chi connectivity index (χ1n) is 13.3. The van der Waals surface area contributed by atoms with Gasteiger partial charge in [0.15, 0.2) is 0 Å². The number of nitrogens with zero attached hydrogens (tertiary/aromatic N) is 1. The molecule has 0 aromatic heterocycles.